The maximum atomic E-state index is 13.7. The van der Waals surface area contributed by atoms with Gasteiger partial charge in [-0.1, -0.05) is 36.4 Å². The van der Waals surface area contributed by atoms with Gasteiger partial charge in [-0.2, -0.15) is 0 Å². The van der Waals surface area contributed by atoms with Gasteiger partial charge in [0.15, 0.2) is 0 Å². The predicted octanol–water partition coefficient (Wildman–Crippen LogP) is 4.29. The molecular weight excluding hydrogens is 343 g/mol. The lowest BCUT2D eigenvalue weighted by Gasteiger charge is -2.11. The van der Waals surface area contributed by atoms with E-state index in [9.17, 15) is 14.0 Å². The average molecular weight is 362 g/mol. The first-order valence-electron chi connectivity index (χ1n) is 8.91. The van der Waals surface area contributed by atoms with Crippen LogP contribution in [0.4, 0.5) is 10.1 Å². The number of rotatable bonds is 4. The van der Waals surface area contributed by atoms with E-state index in [0.29, 0.717) is 35.5 Å². The molecule has 0 fully saturated rings. The fraction of sp³-hybridized carbons (Fsp3) is 0.182. The van der Waals surface area contributed by atoms with Crippen molar-refractivity contribution in [3.63, 3.8) is 0 Å². The first-order valence-corrected chi connectivity index (χ1v) is 8.91. The van der Waals surface area contributed by atoms with Gasteiger partial charge in [-0.05, 0) is 43.2 Å². The van der Waals surface area contributed by atoms with Gasteiger partial charge in [-0.25, -0.2) is 4.39 Å². The molecule has 1 aliphatic heterocycles. The summed E-state index contributed by atoms with van der Waals surface area (Å²) in [4.78, 5) is 25.4. The molecule has 0 saturated heterocycles. The average Bonchev–Trinajstić information content (AvgIpc) is 3.27. The zero-order chi connectivity index (χ0) is 19.0. The Morgan fingerprint density at radius 2 is 1.85 bits per heavy atom. The number of hydrogen-bond donors (Lipinski definition) is 1. The summed E-state index contributed by atoms with van der Waals surface area (Å²) in [6, 6.07) is 17.4. The van der Waals surface area contributed by atoms with E-state index in [1.807, 2.05) is 28.8 Å². The van der Waals surface area contributed by atoms with Crippen LogP contribution in [0, 0.1) is 12.7 Å². The second-order valence-corrected chi connectivity index (χ2v) is 6.78. The maximum Gasteiger partial charge on any atom is 0.233 e. The Hall–Kier alpha value is -3.21. The summed E-state index contributed by atoms with van der Waals surface area (Å²) in [6.07, 6.45) is 0.616. The fourth-order valence-electron chi connectivity index (χ4n) is 3.54. The number of carbonyl (C=O) groups is 2. The lowest BCUT2D eigenvalue weighted by atomic mass is 10.0. The fourth-order valence-corrected chi connectivity index (χ4v) is 3.54. The summed E-state index contributed by atoms with van der Waals surface area (Å²) < 4.78 is 15.6. The van der Waals surface area contributed by atoms with Crippen molar-refractivity contribution >= 4 is 17.4 Å². The largest absolute Gasteiger partial charge is 0.341 e. The highest BCUT2D eigenvalue weighted by molar-refractivity contribution is 6.08. The standard InChI is InChI=1S/C22H19FN2O2/c1-14-7-8-16(13-18(14)23)24-22(27)17-11-12-25-19(17)9-10-20(25)21(26)15-5-3-2-4-6-15/h2-10,13,17H,11-12H2,1H3,(H,24,27)/t17-/m1/s1. The molecule has 2 aromatic carbocycles. The van der Waals surface area contributed by atoms with E-state index in [-0.39, 0.29) is 23.4 Å². The van der Waals surface area contributed by atoms with Crippen LogP contribution in [0.15, 0.2) is 60.7 Å². The molecule has 0 saturated carbocycles. The first kappa shape index (κ1) is 17.2. The molecule has 0 radical (unpaired) electrons. The van der Waals surface area contributed by atoms with E-state index >= 15 is 0 Å². The van der Waals surface area contributed by atoms with Crippen molar-refractivity contribution in [3.8, 4) is 0 Å². The Kier molecular flexibility index (Phi) is 4.36. The van der Waals surface area contributed by atoms with Crippen LogP contribution in [-0.2, 0) is 11.3 Å². The van der Waals surface area contributed by atoms with E-state index in [1.165, 1.54) is 6.07 Å². The monoisotopic (exact) mass is 362 g/mol. The minimum absolute atomic E-state index is 0.0523. The van der Waals surface area contributed by atoms with Crippen LogP contribution in [0.1, 0.15) is 39.6 Å². The molecule has 1 aliphatic rings. The summed E-state index contributed by atoms with van der Waals surface area (Å²) in [6.45, 7) is 2.28. The summed E-state index contributed by atoms with van der Waals surface area (Å²) >= 11 is 0. The number of nitrogens with one attached hydrogen (secondary N) is 1. The summed E-state index contributed by atoms with van der Waals surface area (Å²) in [7, 11) is 0. The number of aromatic nitrogens is 1. The topological polar surface area (TPSA) is 51.1 Å². The van der Waals surface area contributed by atoms with Gasteiger partial charge in [0, 0.05) is 23.5 Å². The predicted molar refractivity (Wildman–Crippen MR) is 101 cm³/mol. The molecule has 0 unspecified atom stereocenters. The number of halogens is 1. The van der Waals surface area contributed by atoms with Crippen LogP contribution in [0.5, 0.6) is 0 Å². The molecule has 0 bridgehead atoms. The Balaban J connectivity index is 1.55. The summed E-state index contributed by atoms with van der Waals surface area (Å²) in [5.41, 5.74) is 3.01. The minimum atomic E-state index is -0.355. The van der Waals surface area contributed by atoms with Crippen LogP contribution in [0.3, 0.4) is 0 Å². The van der Waals surface area contributed by atoms with Crippen LogP contribution in [0.2, 0.25) is 0 Å². The van der Waals surface area contributed by atoms with Crippen molar-refractivity contribution in [2.45, 2.75) is 25.8 Å². The third kappa shape index (κ3) is 3.16. The number of aryl methyl sites for hydroxylation is 1. The van der Waals surface area contributed by atoms with Crippen LogP contribution < -0.4 is 5.32 Å². The SMILES string of the molecule is Cc1ccc(NC(=O)[C@@H]2CCn3c(C(=O)c4ccccc4)ccc32)cc1F. The van der Waals surface area contributed by atoms with Crippen molar-refractivity contribution in [1.82, 2.24) is 4.57 Å². The number of fused-ring (bicyclic) bond motifs is 1. The van der Waals surface area contributed by atoms with E-state index in [0.717, 1.165) is 5.69 Å². The highest BCUT2D eigenvalue weighted by atomic mass is 19.1. The molecule has 27 heavy (non-hydrogen) atoms. The zero-order valence-electron chi connectivity index (χ0n) is 14.9. The minimum Gasteiger partial charge on any atom is -0.341 e. The molecule has 4 rings (SSSR count). The molecule has 4 nitrogen and oxygen atoms in total. The normalized spacial score (nSPS) is 15.4. The Morgan fingerprint density at radius 3 is 2.59 bits per heavy atom. The van der Waals surface area contributed by atoms with Gasteiger partial charge >= 0.3 is 0 Å². The number of benzene rings is 2. The Bertz CT molecular complexity index is 1020. The second kappa shape index (κ2) is 6.83. The maximum absolute atomic E-state index is 13.7. The molecule has 5 heteroatoms. The van der Waals surface area contributed by atoms with Gasteiger partial charge in [-0.15, -0.1) is 0 Å². The molecular formula is C22H19FN2O2. The van der Waals surface area contributed by atoms with Gasteiger partial charge in [0.1, 0.15) is 5.82 Å². The van der Waals surface area contributed by atoms with Gasteiger partial charge in [0.25, 0.3) is 0 Å². The Morgan fingerprint density at radius 1 is 1.07 bits per heavy atom. The van der Waals surface area contributed by atoms with E-state index < -0.39 is 0 Å². The van der Waals surface area contributed by atoms with Crippen LogP contribution >= 0.6 is 0 Å². The lowest BCUT2D eigenvalue weighted by molar-refractivity contribution is -0.117. The number of amides is 1. The van der Waals surface area contributed by atoms with Crippen molar-refractivity contribution in [1.29, 1.82) is 0 Å². The molecule has 3 aromatic rings. The number of nitrogens with zero attached hydrogens (tertiary/aromatic N) is 1. The second-order valence-electron chi connectivity index (χ2n) is 6.78. The molecule has 1 N–H and O–H groups in total. The van der Waals surface area contributed by atoms with E-state index in [4.69, 9.17) is 0 Å². The van der Waals surface area contributed by atoms with Gasteiger partial charge < -0.3 is 9.88 Å². The molecule has 1 amide bonds. The van der Waals surface area contributed by atoms with E-state index in [2.05, 4.69) is 5.32 Å². The highest BCUT2D eigenvalue weighted by Gasteiger charge is 2.32. The Labute approximate surface area is 156 Å². The molecule has 2 heterocycles. The molecule has 1 atom stereocenters. The quantitative estimate of drug-likeness (QED) is 0.704. The van der Waals surface area contributed by atoms with Gasteiger partial charge in [0.2, 0.25) is 11.7 Å². The molecule has 0 spiro atoms. The number of hydrogen-bond acceptors (Lipinski definition) is 2. The number of carbonyl (C=O) groups excluding carboxylic acids is 2. The molecule has 1 aromatic heterocycles. The number of anilines is 1. The van der Waals surface area contributed by atoms with Crippen molar-refractivity contribution in [3.05, 3.63) is 89.0 Å². The number of ketones is 1. The zero-order valence-corrected chi connectivity index (χ0v) is 14.9. The van der Waals surface area contributed by atoms with Gasteiger partial charge in [-0.3, -0.25) is 9.59 Å². The smallest absolute Gasteiger partial charge is 0.233 e. The van der Waals surface area contributed by atoms with Crippen molar-refractivity contribution in [2.75, 3.05) is 5.32 Å². The summed E-state index contributed by atoms with van der Waals surface area (Å²) in [5, 5.41) is 2.79. The molecule has 136 valence electrons. The van der Waals surface area contributed by atoms with Crippen LogP contribution in [0.25, 0.3) is 0 Å². The van der Waals surface area contributed by atoms with E-state index in [1.54, 1.807) is 37.3 Å². The third-order valence-corrected chi connectivity index (χ3v) is 5.04. The third-order valence-electron chi connectivity index (χ3n) is 5.04. The lowest BCUT2D eigenvalue weighted by Crippen LogP contribution is -2.19. The van der Waals surface area contributed by atoms with Crippen molar-refractivity contribution < 1.29 is 14.0 Å². The van der Waals surface area contributed by atoms with Crippen LogP contribution in [-0.4, -0.2) is 16.3 Å². The van der Waals surface area contributed by atoms with Gasteiger partial charge in [0.05, 0.1) is 11.6 Å². The summed E-state index contributed by atoms with van der Waals surface area (Å²) in [5.74, 6) is -0.942. The molecule has 0 aliphatic carbocycles. The van der Waals surface area contributed by atoms with Crippen molar-refractivity contribution in [2.24, 2.45) is 0 Å². The highest BCUT2D eigenvalue weighted by Crippen LogP contribution is 2.32. The first-order chi connectivity index (χ1) is 13.0.